The summed E-state index contributed by atoms with van der Waals surface area (Å²) in [5, 5.41) is 9.86. The monoisotopic (exact) mass is 326 g/mol. The number of carboxylic acids is 1. The van der Waals surface area contributed by atoms with Crippen LogP contribution in [0.1, 0.15) is 36.0 Å². The first-order valence-electron chi connectivity index (χ1n) is 6.33. The number of rotatable bonds is 3. The number of fused-ring (bicyclic) bond motifs is 2. The lowest BCUT2D eigenvalue weighted by Gasteiger charge is -2.21. The molecule has 0 aliphatic heterocycles. The van der Waals surface area contributed by atoms with E-state index < -0.39 is 5.97 Å². The van der Waals surface area contributed by atoms with Gasteiger partial charge in [0.05, 0.1) is 5.56 Å². The Bertz CT molecular complexity index is 489. The van der Waals surface area contributed by atoms with Crippen LogP contribution in [-0.2, 0) is 0 Å². The molecule has 0 aromatic heterocycles. The van der Waals surface area contributed by atoms with Crippen LogP contribution in [0, 0.1) is 11.8 Å². The lowest BCUT2D eigenvalue weighted by Crippen LogP contribution is -2.13. The van der Waals surface area contributed by atoms with Crippen LogP contribution in [-0.4, -0.2) is 16.3 Å². The second-order valence-corrected chi connectivity index (χ2v) is 7.47. The number of hydrogen-bond acceptors (Lipinski definition) is 2. The molecule has 1 aromatic rings. The van der Waals surface area contributed by atoms with Gasteiger partial charge in [-0.3, -0.25) is 0 Å². The van der Waals surface area contributed by atoms with E-state index in [9.17, 15) is 9.90 Å². The van der Waals surface area contributed by atoms with Crippen molar-refractivity contribution >= 4 is 33.7 Å². The summed E-state index contributed by atoms with van der Waals surface area (Å²) < 4.78 is 0.957. The molecule has 0 spiro atoms. The third-order valence-electron chi connectivity index (χ3n) is 4.13. The third-order valence-corrected chi connectivity index (χ3v) is 6.09. The van der Waals surface area contributed by atoms with E-state index >= 15 is 0 Å². The summed E-state index contributed by atoms with van der Waals surface area (Å²) in [4.78, 5) is 12.1. The van der Waals surface area contributed by atoms with Crippen molar-refractivity contribution in [3.8, 4) is 0 Å². The average Bonchev–Trinajstić information content (AvgIpc) is 2.90. The first-order valence-corrected chi connectivity index (χ1v) is 8.00. The van der Waals surface area contributed by atoms with Crippen LogP contribution in [0.15, 0.2) is 27.6 Å². The Morgan fingerprint density at radius 1 is 1.33 bits per heavy atom. The quantitative estimate of drug-likeness (QED) is 0.892. The highest BCUT2D eigenvalue weighted by Gasteiger charge is 2.40. The van der Waals surface area contributed by atoms with Crippen molar-refractivity contribution in [2.75, 3.05) is 0 Å². The molecular weight excluding hydrogens is 312 g/mol. The van der Waals surface area contributed by atoms with Gasteiger partial charge in [-0.15, -0.1) is 11.8 Å². The van der Waals surface area contributed by atoms with E-state index in [0.717, 1.165) is 21.2 Å². The van der Waals surface area contributed by atoms with E-state index in [1.54, 1.807) is 23.9 Å². The minimum absolute atomic E-state index is 0.436. The molecule has 3 rings (SSSR count). The first kappa shape index (κ1) is 12.5. The zero-order chi connectivity index (χ0) is 12.7. The third kappa shape index (κ3) is 2.32. The predicted molar refractivity (Wildman–Crippen MR) is 76.2 cm³/mol. The number of carbonyl (C=O) groups is 1. The van der Waals surface area contributed by atoms with Gasteiger partial charge in [0.1, 0.15) is 0 Å². The maximum Gasteiger partial charge on any atom is 0.336 e. The number of hydrogen-bond donors (Lipinski definition) is 1. The molecule has 0 heterocycles. The minimum atomic E-state index is -0.826. The molecule has 0 amide bonds. The molecule has 1 aromatic carbocycles. The van der Waals surface area contributed by atoms with Gasteiger partial charge >= 0.3 is 5.97 Å². The van der Waals surface area contributed by atoms with Gasteiger partial charge in [-0.1, -0.05) is 22.4 Å². The van der Waals surface area contributed by atoms with Gasteiger partial charge in [0.15, 0.2) is 0 Å². The van der Waals surface area contributed by atoms with E-state index in [2.05, 4.69) is 15.9 Å². The smallest absolute Gasteiger partial charge is 0.336 e. The lowest BCUT2D eigenvalue weighted by molar-refractivity contribution is 0.0693. The van der Waals surface area contributed by atoms with Crippen molar-refractivity contribution in [1.29, 1.82) is 0 Å². The number of halogens is 1. The minimum Gasteiger partial charge on any atom is -0.478 e. The average molecular weight is 327 g/mol. The van der Waals surface area contributed by atoms with Crippen molar-refractivity contribution in [2.24, 2.45) is 11.8 Å². The molecule has 96 valence electrons. The number of aromatic carboxylic acids is 1. The summed E-state index contributed by atoms with van der Waals surface area (Å²) >= 11 is 5.20. The first-order chi connectivity index (χ1) is 8.63. The van der Waals surface area contributed by atoms with Gasteiger partial charge in [0.25, 0.3) is 0 Å². The summed E-state index contributed by atoms with van der Waals surface area (Å²) in [6.45, 7) is 0. The van der Waals surface area contributed by atoms with Gasteiger partial charge in [0.2, 0.25) is 0 Å². The standard InChI is InChI=1S/C14H15BrO2S/c15-10-3-4-11(14(16)17)13(7-10)18-12-6-8-1-2-9(12)5-8/h3-4,7-9,12H,1-2,5-6H2,(H,16,17). The zero-order valence-electron chi connectivity index (χ0n) is 9.93. The molecule has 2 aliphatic carbocycles. The molecule has 2 aliphatic rings. The van der Waals surface area contributed by atoms with Gasteiger partial charge < -0.3 is 5.11 Å². The Labute approximate surface area is 119 Å². The molecule has 2 nitrogen and oxygen atoms in total. The fourth-order valence-electron chi connectivity index (χ4n) is 3.26. The van der Waals surface area contributed by atoms with Gasteiger partial charge in [-0.2, -0.15) is 0 Å². The molecule has 0 radical (unpaired) electrons. The summed E-state index contributed by atoms with van der Waals surface area (Å²) in [5.41, 5.74) is 0.436. The van der Waals surface area contributed by atoms with Crippen molar-refractivity contribution in [2.45, 2.75) is 35.8 Å². The van der Waals surface area contributed by atoms with Crippen molar-refractivity contribution in [3.05, 3.63) is 28.2 Å². The van der Waals surface area contributed by atoms with E-state index in [-0.39, 0.29) is 0 Å². The van der Waals surface area contributed by atoms with Crippen LogP contribution in [0.2, 0.25) is 0 Å². The molecule has 3 atom stereocenters. The highest BCUT2D eigenvalue weighted by molar-refractivity contribution is 9.10. The fraction of sp³-hybridized carbons (Fsp3) is 0.500. The number of benzene rings is 1. The van der Waals surface area contributed by atoms with Crippen LogP contribution in [0.4, 0.5) is 0 Å². The van der Waals surface area contributed by atoms with E-state index in [0.29, 0.717) is 10.8 Å². The van der Waals surface area contributed by atoms with Gasteiger partial charge in [-0.05, 0) is 49.3 Å². The molecule has 2 saturated carbocycles. The largest absolute Gasteiger partial charge is 0.478 e. The number of thioether (sulfide) groups is 1. The van der Waals surface area contributed by atoms with Crippen LogP contribution in [0.5, 0.6) is 0 Å². The zero-order valence-corrected chi connectivity index (χ0v) is 12.3. The molecule has 1 N–H and O–H groups in total. The Morgan fingerprint density at radius 3 is 2.78 bits per heavy atom. The van der Waals surface area contributed by atoms with E-state index in [1.165, 1.54) is 25.7 Å². The summed E-state index contributed by atoms with van der Waals surface area (Å²) in [6, 6.07) is 5.44. The van der Waals surface area contributed by atoms with Crippen molar-refractivity contribution in [1.82, 2.24) is 0 Å². The SMILES string of the molecule is O=C(O)c1ccc(Br)cc1SC1CC2CCC1C2. The Kier molecular flexibility index (Phi) is 3.41. The molecule has 18 heavy (non-hydrogen) atoms. The van der Waals surface area contributed by atoms with E-state index in [4.69, 9.17) is 0 Å². The highest BCUT2D eigenvalue weighted by atomic mass is 79.9. The molecular formula is C14H15BrO2S. The molecule has 2 fully saturated rings. The second-order valence-electron chi connectivity index (χ2n) is 5.28. The number of carboxylic acid groups (broad SMARTS) is 1. The maximum absolute atomic E-state index is 11.2. The van der Waals surface area contributed by atoms with Crippen molar-refractivity contribution < 1.29 is 9.90 Å². The Morgan fingerprint density at radius 2 is 2.17 bits per heavy atom. The fourth-order valence-corrected chi connectivity index (χ4v) is 5.39. The van der Waals surface area contributed by atoms with Crippen LogP contribution in [0.25, 0.3) is 0 Å². The molecule has 4 heteroatoms. The highest BCUT2D eigenvalue weighted by Crippen LogP contribution is 2.51. The van der Waals surface area contributed by atoms with Gasteiger partial charge in [0, 0.05) is 14.6 Å². The van der Waals surface area contributed by atoms with Gasteiger partial charge in [-0.25, -0.2) is 4.79 Å². The van der Waals surface area contributed by atoms with Crippen molar-refractivity contribution in [3.63, 3.8) is 0 Å². The van der Waals surface area contributed by atoms with E-state index in [1.807, 2.05) is 6.07 Å². The second kappa shape index (κ2) is 4.89. The Hall–Kier alpha value is -0.480. The Balaban J connectivity index is 1.83. The molecule has 0 saturated heterocycles. The maximum atomic E-state index is 11.2. The normalized spacial score (nSPS) is 29.7. The predicted octanol–water partition coefficient (Wildman–Crippen LogP) is 4.43. The van der Waals surface area contributed by atoms with Crippen LogP contribution >= 0.6 is 27.7 Å². The molecule has 3 unspecified atom stereocenters. The summed E-state index contributed by atoms with van der Waals surface area (Å²) in [7, 11) is 0. The molecule has 2 bridgehead atoms. The summed E-state index contributed by atoms with van der Waals surface area (Å²) in [5.74, 6) is 0.877. The summed E-state index contributed by atoms with van der Waals surface area (Å²) in [6.07, 6.45) is 5.33. The lowest BCUT2D eigenvalue weighted by atomic mass is 10.0. The topological polar surface area (TPSA) is 37.3 Å². The van der Waals surface area contributed by atoms with Crippen LogP contribution in [0.3, 0.4) is 0 Å². The van der Waals surface area contributed by atoms with Crippen LogP contribution < -0.4 is 0 Å².